The van der Waals surface area contributed by atoms with Crippen molar-refractivity contribution in [3.05, 3.63) is 70.8 Å². The Morgan fingerprint density at radius 1 is 1.06 bits per heavy atom. The smallest absolute Gasteiger partial charge is 0.325 e. The molecule has 1 unspecified atom stereocenters. The maximum Gasteiger partial charge on any atom is 0.325 e. The monoisotopic (exact) mass is 448 g/mol. The number of carbonyl (C=O) groups excluding carboxylic acids is 3. The summed E-state index contributed by atoms with van der Waals surface area (Å²) in [7, 11) is 0. The number of imide groups is 1. The van der Waals surface area contributed by atoms with E-state index in [1.54, 1.807) is 6.92 Å². The third kappa shape index (κ3) is 5.09. The fraction of sp³-hybridized carbons (Fsp3) is 0.423. The Labute approximate surface area is 195 Å². The second-order valence-electron chi connectivity index (χ2n) is 9.42. The van der Waals surface area contributed by atoms with E-state index in [4.69, 9.17) is 0 Å². The van der Waals surface area contributed by atoms with Crippen LogP contribution in [0.15, 0.2) is 48.5 Å². The van der Waals surface area contributed by atoms with Crippen LogP contribution in [0.2, 0.25) is 0 Å². The van der Waals surface area contributed by atoms with Gasteiger partial charge in [-0.15, -0.1) is 0 Å². The highest BCUT2D eigenvalue weighted by atomic mass is 16.2. The van der Waals surface area contributed by atoms with Crippen molar-refractivity contribution in [2.75, 3.05) is 19.6 Å². The topological polar surface area (TPSA) is 81.8 Å². The minimum Gasteiger partial charge on any atom is -0.352 e. The van der Waals surface area contributed by atoms with Gasteiger partial charge in [-0.1, -0.05) is 59.7 Å². The first-order valence-corrected chi connectivity index (χ1v) is 11.5. The van der Waals surface area contributed by atoms with Crippen LogP contribution < -0.4 is 10.6 Å². The molecule has 33 heavy (non-hydrogen) atoms. The number of likely N-dealkylation sites (tertiary alicyclic amines) is 1. The Morgan fingerprint density at radius 3 is 2.42 bits per heavy atom. The third-order valence-corrected chi connectivity index (χ3v) is 6.65. The van der Waals surface area contributed by atoms with Gasteiger partial charge in [0.2, 0.25) is 5.91 Å². The molecule has 2 aliphatic heterocycles. The predicted molar refractivity (Wildman–Crippen MR) is 126 cm³/mol. The molecule has 4 amide bonds. The van der Waals surface area contributed by atoms with Crippen molar-refractivity contribution in [2.45, 2.75) is 51.7 Å². The van der Waals surface area contributed by atoms with Gasteiger partial charge in [-0.2, -0.15) is 0 Å². The molecule has 0 aromatic heterocycles. The lowest BCUT2D eigenvalue weighted by molar-refractivity contribution is -0.135. The number of nitrogens with one attached hydrogen (secondary N) is 2. The summed E-state index contributed by atoms with van der Waals surface area (Å²) in [5, 5.41) is 5.77. The summed E-state index contributed by atoms with van der Waals surface area (Å²) in [5.41, 5.74) is 3.17. The van der Waals surface area contributed by atoms with E-state index in [-0.39, 0.29) is 18.5 Å². The van der Waals surface area contributed by atoms with Crippen LogP contribution in [-0.4, -0.2) is 53.3 Å². The van der Waals surface area contributed by atoms with Gasteiger partial charge in [0.25, 0.3) is 5.91 Å². The van der Waals surface area contributed by atoms with Gasteiger partial charge in [0.05, 0.1) is 0 Å². The SMILES string of the molecule is Cc1ccc(C2(C)NC(=O)N(CC(=O)NC3CCN(Cc4cccc(C)c4)CC3)C2=O)cc1. The van der Waals surface area contributed by atoms with E-state index in [9.17, 15) is 14.4 Å². The zero-order valence-electron chi connectivity index (χ0n) is 19.6. The molecule has 2 saturated heterocycles. The number of hydrogen-bond donors (Lipinski definition) is 2. The van der Waals surface area contributed by atoms with Crippen molar-refractivity contribution in [1.29, 1.82) is 0 Å². The van der Waals surface area contributed by atoms with Crippen molar-refractivity contribution >= 4 is 17.8 Å². The second-order valence-corrected chi connectivity index (χ2v) is 9.42. The van der Waals surface area contributed by atoms with Crippen LogP contribution >= 0.6 is 0 Å². The molecule has 0 aliphatic carbocycles. The number of amides is 4. The molecule has 0 bridgehead atoms. The molecule has 2 N–H and O–H groups in total. The van der Waals surface area contributed by atoms with Gasteiger partial charge < -0.3 is 10.6 Å². The van der Waals surface area contributed by atoms with Crippen LogP contribution in [0, 0.1) is 13.8 Å². The molecular weight excluding hydrogens is 416 g/mol. The molecule has 2 aliphatic rings. The maximum atomic E-state index is 13.0. The fourth-order valence-corrected chi connectivity index (χ4v) is 4.64. The van der Waals surface area contributed by atoms with Crippen molar-refractivity contribution in [2.24, 2.45) is 0 Å². The lowest BCUT2D eigenvalue weighted by Crippen LogP contribution is -2.48. The molecule has 0 spiro atoms. The minimum atomic E-state index is -1.16. The lowest BCUT2D eigenvalue weighted by atomic mass is 9.91. The Hall–Kier alpha value is -3.19. The first-order valence-electron chi connectivity index (χ1n) is 11.5. The summed E-state index contributed by atoms with van der Waals surface area (Å²) in [5.74, 6) is -0.705. The van der Waals surface area contributed by atoms with Crippen molar-refractivity contribution in [3.63, 3.8) is 0 Å². The number of benzene rings is 2. The molecule has 174 valence electrons. The quantitative estimate of drug-likeness (QED) is 0.666. The first kappa shape index (κ1) is 23.0. The van der Waals surface area contributed by atoms with Gasteiger partial charge in [0, 0.05) is 25.7 Å². The van der Waals surface area contributed by atoms with E-state index >= 15 is 0 Å². The lowest BCUT2D eigenvalue weighted by Gasteiger charge is -2.32. The molecule has 2 fully saturated rings. The molecule has 7 heteroatoms. The number of piperidine rings is 1. The van der Waals surface area contributed by atoms with Gasteiger partial charge in [0.1, 0.15) is 12.1 Å². The maximum absolute atomic E-state index is 13.0. The molecule has 2 aromatic carbocycles. The average molecular weight is 449 g/mol. The Balaban J connectivity index is 1.29. The molecule has 2 heterocycles. The van der Waals surface area contributed by atoms with Crippen LogP contribution in [0.4, 0.5) is 4.79 Å². The summed E-state index contributed by atoms with van der Waals surface area (Å²) in [6, 6.07) is 15.5. The summed E-state index contributed by atoms with van der Waals surface area (Å²) in [4.78, 5) is 41.6. The fourth-order valence-electron chi connectivity index (χ4n) is 4.64. The second kappa shape index (κ2) is 9.35. The minimum absolute atomic E-state index is 0.0514. The normalized spacial score (nSPS) is 21.8. The molecule has 4 rings (SSSR count). The Kier molecular flexibility index (Phi) is 6.51. The summed E-state index contributed by atoms with van der Waals surface area (Å²) in [6.07, 6.45) is 1.69. The first-order chi connectivity index (χ1) is 15.7. The summed E-state index contributed by atoms with van der Waals surface area (Å²) < 4.78 is 0. The van der Waals surface area contributed by atoms with Crippen molar-refractivity contribution < 1.29 is 14.4 Å². The summed E-state index contributed by atoms with van der Waals surface area (Å²) >= 11 is 0. The van der Waals surface area contributed by atoms with Gasteiger partial charge in [-0.05, 0) is 44.7 Å². The van der Waals surface area contributed by atoms with Gasteiger partial charge in [-0.3, -0.25) is 19.4 Å². The van der Waals surface area contributed by atoms with Crippen molar-refractivity contribution in [1.82, 2.24) is 20.4 Å². The van der Waals surface area contributed by atoms with Crippen LogP contribution in [0.1, 0.15) is 42.0 Å². The Bertz CT molecular complexity index is 1040. The zero-order valence-corrected chi connectivity index (χ0v) is 19.6. The number of hydrogen-bond acceptors (Lipinski definition) is 4. The number of urea groups is 1. The molecule has 1 atom stereocenters. The number of rotatable bonds is 6. The van der Waals surface area contributed by atoms with Crippen LogP contribution in [0.25, 0.3) is 0 Å². The molecule has 7 nitrogen and oxygen atoms in total. The summed E-state index contributed by atoms with van der Waals surface area (Å²) in [6.45, 7) is 8.17. The van der Waals surface area contributed by atoms with Crippen LogP contribution in [0.5, 0.6) is 0 Å². The molecule has 0 radical (unpaired) electrons. The van der Waals surface area contributed by atoms with E-state index in [1.807, 2.05) is 31.2 Å². The van der Waals surface area contributed by atoms with E-state index < -0.39 is 17.5 Å². The van der Waals surface area contributed by atoms with Gasteiger partial charge in [0.15, 0.2) is 0 Å². The highest BCUT2D eigenvalue weighted by molar-refractivity contribution is 6.09. The number of carbonyl (C=O) groups is 3. The van der Waals surface area contributed by atoms with E-state index in [2.05, 4.69) is 46.7 Å². The highest BCUT2D eigenvalue weighted by Crippen LogP contribution is 2.29. The molecule has 2 aromatic rings. The van der Waals surface area contributed by atoms with E-state index in [0.29, 0.717) is 5.56 Å². The highest BCUT2D eigenvalue weighted by Gasteiger charge is 2.49. The predicted octanol–water partition coefficient (Wildman–Crippen LogP) is 2.85. The van der Waals surface area contributed by atoms with Crippen molar-refractivity contribution in [3.8, 4) is 0 Å². The third-order valence-electron chi connectivity index (χ3n) is 6.65. The Morgan fingerprint density at radius 2 is 1.76 bits per heavy atom. The molecule has 0 saturated carbocycles. The number of aryl methyl sites for hydroxylation is 2. The van der Waals surface area contributed by atoms with Crippen LogP contribution in [0.3, 0.4) is 0 Å². The average Bonchev–Trinajstić information content (AvgIpc) is 2.99. The van der Waals surface area contributed by atoms with E-state index in [1.165, 1.54) is 11.1 Å². The van der Waals surface area contributed by atoms with Gasteiger partial charge >= 0.3 is 6.03 Å². The zero-order chi connectivity index (χ0) is 23.6. The largest absolute Gasteiger partial charge is 0.352 e. The van der Waals surface area contributed by atoms with Gasteiger partial charge in [-0.25, -0.2) is 4.79 Å². The standard InChI is InChI=1S/C26H32N4O3/c1-18-7-9-21(10-8-18)26(3)24(32)30(25(33)28-26)17-23(31)27-22-11-13-29(14-12-22)16-20-6-4-5-19(2)15-20/h4-10,15,22H,11-14,16-17H2,1-3H3,(H,27,31)(H,28,33). The van der Waals surface area contributed by atoms with E-state index in [0.717, 1.165) is 42.9 Å². The number of nitrogens with zero attached hydrogens (tertiary/aromatic N) is 2. The molecular formula is C26H32N4O3. The van der Waals surface area contributed by atoms with Crippen LogP contribution in [-0.2, 0) is 21.7 Å².